The van der Waals surface area contributed by atoms with E-state index >= 15 is 0 Å². The van der Waals surface area contributed by atoms with Crippen molar-refractivity contribution in [3.63, 3.8) is 0 Å². The van der Waals surface area contributed by atoms with Gasteiger partial charge in [-0.15, -0.1) is 11.3 Å². The van der Waals surface area contributed by atoms with Gasteiger partial charge < -0.3 is 28.4 Å². The third kappa shape index (κ3) is 7.58. The summed E-state index contributed by atoms with van der Waals surface area (Å²) in [5.41, 5.74) is 5.64. The third-order valence-electron chi connectivity index (χ3n) is 11.5. The number of anilines is 1. The van der Waals surface area contributed by atoms with Crippen LogP contribution in [0.3, 0.4) is 0 Å². The first kappa shape index (κ1) is 36.3. The Morgan fingerprint density at radius 1 is 1.10 bits per heavy atom. The number of nitriles is 1. The topological polar surface area (TPSA) is 97.2 Å². The molecule has 11 heteroatoms. The normalized spacial score (nSPS) is 25.0. The van der Waals surface area contributed by atoms with Gasteiger partial charge in [-0.05, 0) is 113 Å². The lowest BCUT2D eigenvalue weighted by atomic mass is 9.90. The summed E-state index contributed by atoms with van der Waals surface area (Å²) in [7, 11) is -1.93. The van der Waals surface area contributed by atoms with E-state index < -0.39 is 13.9 Å². The van der Waals surface area contributed by atoms with Crippen LogP contribution >= 0.6 is 11.3 Å². The fraction of sp³-hybridized carbons (Fsp3) is 0.625. The van der Waals surface area contributed by atoms with Gasteiger partial charge >= 0.3 is 6.09 Å². The first-order valence-electron chi connectivity index (χ1n) is 18.7. The summed E-state index contributed by atoms with van der Waals surface area (Å²) in [5.74, 6) is 0.988. The van der Waals surface area contributed by atoms with Gasteiger partial charge in [-0.1, -0.05) is 20.8 Å². The number of carbonyl (C=O) groups excluding carboxylic acids is 1. The second-order valence-electron chi connectivity index (χ2n) is 17.5. The van der Waals surface area contributed by atoms with Crippen molar-refractivity contribution >= 4 is 41.7 Å². The number of thiophene rings is 1. The molecule has 9 nitrogen and oxygen atoms in total. The number of ether oxygens (including phenoxy) is 3. The van der Waals surface area contributed by atoms with E-state index in [4.69, 9.17) is 23.6 Å². The smallest absolute Gasteiger partial charge is 0.410 e. The highest BCUT2D eigenvalue weighted by molar-refractivity contribution is 7.19. The Balaban J connectivity index is 1.24. The van der Waals surface area contributed by atoms with Crippen LogP contribution in [0.2, 0.25) is 18.1 Å². The number of benzene rings is 1. The molecule has 0 bridgehead atoms. The third-order valence-corrected chi connectivity index (χ3v) is 17.1. The van der Waals surface area contributed by atoms with Gasteiger partial charge in [0.25, 0.3) is 0 Å². The minimum absolute atomic E-state index is 0.0691. The molecule has 51 heavy (non-hydrogen) atoms. The molecule has 5 heterocycles. The quantitative estimate of drug-likeness (QED) is 0.212. The van der Waals surface area contributed by atoms with Crippen LogP contribution in [-0.2, 0) is 25.2 Å². The first-order chi connectivity index (χ1) is 24.1. The molecule has 1 aromatic carbocycles. The molecule has 3 aromatic rings. The van der Waals surface area contributed by atoms with Crippen LogP contribution in [0.15, 0.2) is 30.5 Å². The maximum absolute atomic E-state index is 13.7. The summed E-state index contributed by atoms with van der Waals surface area (Å²) in [6, 6.07) is 10.9. The molecule has 0 N–H and O–H groups in total. The Labute approximate surface area is 308 Å². The molecule has 3 unspecified atom stereocenters. The molecule has 3 aliphatic heterocycles. The van der Waals surface area contributed by atoms with E-state index in [1.54, 1.807) is 11.3 Å². The van der Waals surface area contributed by atoms with Gasteiger partial charge in [-0.2, -0.15) is 5.26 Å². The lowest BCUT2D eigenvalue weighted by Crippen LogP contribution is -2.44. The summed E-state index contributed by atoms with van der Waals surface area (Å²) >= 11 is 1.74. The highest BCUT2D eigenvalue weighted by Crippen LogP contribution is 2.58. The fourth-order valence-electron chi connectivity index (χ4n) is 7.66. The number of nitrogens with zero attached hydrogens (tertiary/aromatic N) is 4. The standard InChI is InChI=1S/C40H54N4O5SSi/c1-39(2,3)49-38(45)44-22-27(18-28(44)23-47-35-11-9-10-14-46-35)43-21-26-17-31(26)33-16-25(20-41)15-32(36(33)43)30-12-13-42-34-19-29(50-37(30)34)24-48-51(7,8)40(4,5)6/h12-13,15-16,19,26-28,31,35H,9-11,14,17-18,21-24H2,1-8H3/t26?,27-,28+,31?,35?/m0/s1. The van der Waals surface area contributed by atoms with Crippen molar-refractivity contribution < 1.29 is 23.4 Å². The first-order valence-corrected chi connectivity index (χ1v) is 22.4. The molecular formula is C40H54N4O5SSi. The summed E-state index contributed by atoms with van der Waals surface area (Å²) in [4.78, 5) is 24.1. The summed E-state index contributed by atoms with van der Waals surface area (Å²) in [5, 5.41) is 10.4. The van der Waals surface area contributed by atoms with Crippen molar-refractivity contribution in [2.24, 2.45) is 5.92 Å². The number of aromatic nitrogens is 1. The van der Waals surface area contributed by atoms with Crippen LogP contribution in [0.1, 0.15) is 95.6 Å². The molecule has 2 aromatic heterocycles. The Kier molecular flexibility index (Phi) is 9.81. The van der Waals surface area contributed by atoms with Crippen LogP contribution in [0.4, 0.5) is 10.5 Å². The van der Waals surface area contributed by atoms with Crippen LogP contribution in [0.5, 0.6) is 0 Å². The molecule has 274 valence electrons. The zero-order valence-corrected chi connectivity index (χ0v) is 33.4. The zero-order valence-electron chi connectivity index (χ0n) is 31.6. The van der Waals surface area contributed by atoms with Crippen molar-refractivity contribution in [2.75, 3.05) is 31.2 Å². The molecule has 1 aliphatic carbocycles. The highest BCUT2D eigenvalue weighted by atomic mass is 32.1. The lowest BCUT2D eigenvalue weighted by Gasteiger charge is -2.38. The average molecular weight is 731 g/mol. The molecule has 1 amide bonds. The SMILES string of the molecule is CC(C)(C)OC(=O)N1C[C@@H](N2CC3CC3c3cc(C#N)cc(-c4ccnc5cc(CO[Si](C)(C)C(C)(C)C)sc45)c32)C[C@@H]1COC1CCCCO1. The van der Waals surface area contributed by atoms with Gasteiger partial charge in [0.2, 0.25) is 0 Å². The van der Waals surface area contributed by atoms with Gasteiger partial charge in [-0.25, -0.2) is 4.79 Å². The maximum Gasteiger partial charge on any atom is 0.410 e. The van der Waals surface area contributed by atoms with Crippen LogP contribution in [-0.4, -0.2) is 74.6 Å². The van der Waals surface area contributed by atoms with E-state index in [1.165, 1.54) is 11.3 Å². The van der Waals surface area contributed by atoms with E-state index in [0.717, 1.165) is 64.9 Å². The molecule has 0 spiro atoms. The summed E-state index contributed by atoms with van der Waals surface area (Å²) < 4.78 is 25.9. The molecule has 1 saturated carbocycles. The fourth-order valence-corrected chi connectivity index (χ4v) is 9.76. The number of hydrogen-bond donors (Lipinski definition) is 0. The summed E-state index contributed by atoms with van der Waals surface area (Å²) in [6.45, 7) is 20.3. The van der Waals surface area contributed by atoms with Crippen molar-refractivity contribution in [3.8, 4) is 17.2 Å². The Morgan fingerprint density at radius 2 is 1.90 bits per heavy atom. The van der Waals surface area contributed by atoms with Gasteiger partial charge in [0, 0.05) is 53.6 Å². The number of rotatable bonds is 8. The summed E-state index contributed by atoms with van der Waals surface area (Å²) in [6.07, 6.45) is 6.27. The largest absolute Gasteiger partial charge is 0.444 e. The maximum atomic E-state index is 13.7. The highest BCUT2D eigenvalue weighted by Gasteiger charge is 2.50. The van der Waals surface area contributed by atoms with Gasteiger partial charge in [-0.3, -0.25) is 4.98 Å². The lowest BCUT2D eigenvalue weighted by molar-refractivity contribution is -0.168. The van der Waals surface area contributed by atoms with E-state index in [0.29, 0.717) is 43.8 Å². The molecule has 4 aliphatic rings. The van der Waals surface area contributed by atoms with E-state index in [2.05, 4.69) is 69.1 Å². The van der Waals surface area contributed by atoms with Crippen molar-refractivity contribution in [1.29, 1.82) is 5.26 Å². The number of amides is 1. The van der Waals surface area contributed by atoms with Gasteiger partial charge in [0.1, 0.15) is 5.60 Å². The van der Waals surface area contributed by atoms with Crippen molar-refractivity contribution in [2.45, 2.75) is 128 Å². The van der Waals surface area contributed by atoms with Crippen molar-refractivity contribution in [1.82, 2.24) is 9.88 Å². The van der Waals surface area contributed by atoms with Crippen LogP contribution in [0, 0.1) is 17.2 Å². The van der Waals surface area contributed by atoms with Crippen LogP contribution in [0.25, 0.3) is 21.3 Å². The Bertz CT molecular complexity index is 1820. The Morgan fingerprint density at radius 3 is 2.61 bits per heavy atom. The number of likely N-dealkylation sites (tertiary alicyclic amines) is 1. The van der Waals surface area contributed by atoms with E-state index in [-0.39, 0.29) is 29.5 Å². The molecule has 5 atom stereocenters. The number of carbonyl (C=O) groups is 1. The predicted octanol–water partition coefficient (Wildman–Crippen LogP) is 9.20. The monoisotopic (exact) mass is 730 g/mol. The number of pyridine rings is 1. The minimum Gasteiger partial charge on any atom is -0.444 e. The second-order valence-corrected chi connectivity index (χ2v) is 23.4. The number of hydrogen-bond acceptors (Lipinski definition) is 9. The van der Waals surface area contributed by atoms with E-state index in [1.807, 2.05) is 31.9 Å². The van der Waals surface area contributed by atoms with Crippen LogP contribution < -0.4 is 4.90 Å². The average Bonchev–Trinajstić information content (AvgIpc) is 3.54. The molecular weight excluding hydrogens is 677 g/mol. The molecule has 7 rings (SSSR count). The molecule has 0 radical (unpaired) electrons. The van der Waals surface area contributed by atoms with Gasteiger partial charge in [0.15, 0.2) is 14.6 Å². The minimum atomic E-state index is -1.93. The van der Waals surface area contributed by atoms with E-state index in [9.17, 15) is 10.1 Å². The Hall–Kier alpha value is -3.01. The van der Waals surface area contributed by atoms with Gasteiger partial charge in [0.05, 0.1) is 41.1 Å². The predicted molar refractivity (Wildman–Crippen MR) is 205 cm³/mol. The molecule has 2 saturated heterocycles. The second kappa shape index (κ2) is 13.8. The van der Waals surface area contributed by atoms with Crippen molar-refractivity contribution in [3.05, 3.63) is 46.5 Å². The zero-order chi connectivity index (χ0) is 36.3. The number of fused-ring (bicyclic) bond motifs is 4. The molecule has 3 fully saturated rings.